The highest BCUT2D eigenvalue weighted by Gasteiger charge is 2.35. The summed E-state index contributed by atoms with van der Waals surface area (Å²) in [5.41, 5.74) is 2.12. The first-order chi connectivity index (χ1) is 14.3. The molecule has 0 aromatic heterocycles. The second-order valence-electron chi connectivity index (χ2n) is 6.70. The zero-order valence-corrected chi connectivity index (χ0v) is 17.6. The van der Waals surface area contributed by atoms with E-state index in [1.807, 2.05) is 6.92 Å². The Labute approximate surface area is 175 Å². The number of fused-ring (bicyclic) bond motifs is 1. The monoisotopic (exact) mass is 430 g/mol. The maximum absolute atomic E-state index is 13.0. The fourth-order valence-corrected chi connectivity index (χ4v) is 4.15. The van der Waals surface area contributed by atoms with Gasteiger partial charge in [0.25, 0.3) is 0 Å². The fourth-order valence-electron chi connectivity index (χ4n) is 3.10. The van der Waals surface area contributed by atoms with Crippen LogP contribution in [0.15, 0.2) is 53.6 Å². The standard InChI is InChI=1S/C21H22N2O6S/c1-14-4-7-17(8-5-14)30(26,27)13-22-20(24)19-18-9-6-16(28-2)12-15(18)10-11-23(19)21(25)29-3/h4-12,19H,13H2,1-3H3,(H,22,24). The third kappa shape index (κ3) is 4.30. The van der Waals surface area contributed by atoms with E-state index in [0.29, 0.717) is 16.9 Å². The van der Waals surface area contributed by atoms with Crippen LogP contribution in [0.4, 0.5) is 4.79 Å². The Balaban J connectivity index is 1.87. The molecule has 2 amide bonds. The molecule has 1 atom stereocenters. The van der Waals surface area contributed by atoms with Crippen LogP contribution >= 0.6 is 0 Å². The van der Waals surface area contributed by atoms with E-state index in [1.54, 1.807) is 36.4 Å². The SMILES string of the molecule is COC(=O)N1C=Cc2cc(OC)ccc2C1C(=O)NCS(=O)(=O)c1ccc(C)cc1. The third-order valence-electron chi connectivity index (χ3n) is 4.73. The summed E-state index contributed by atoms with van der Waals surface area (Å²) in [4.78, 5) is 26.4. The van der Waals surface area contributed by atoms with Gasteiger partial charge in [-0.1, -0.05) is 23.8 Å². The Morgan fingerprint density at radius 3 is 2.43 bits per heavy atom. The van der Waals surface area contributed by atoms with Crippen LogP contribution in [0, 0.1) is 6.92 Å². The van der Waals surface area contributed by atoms with E-state index < -0.39 is 33.8 Å². The number of amides is 2. The predicted molar refractivity (Wildman–Crippen MR) is 110 cm³/mol. The summed E-state index contributed by atoms with van der Waals surface area (Å²) < 4.78 is 35.1. The first-order valence-corrected chi connectivity index (χ1v) is 10.7. The molecule has 1 unspecified atom stereocenters. The number of methoxy groups -OCH3 is 2. The average Bonchev–Trinajstić information content (AvgIpc) is 2.76. The topological polar surface area (TPSA) is 102 Å². The van der Waals surface area contributed by atoms with Gasteiger partial charge in [0.15, 0.2) is 9.84 Å². The number of benzene rings is 2. The Kier molecular flexibility index (Phi) is 6.12. The molecule has 0 saturated carbocycles. The smallest absolute Gasteiger partial charge is 0.414 e. The summed E-state index contributed by atoms with van der Waals surface area (Å²) in [5, 5.41) is 2.44. The van der Waals surface area contributed by atoms with E-state index in [1.165, 1.54) is 32.6 Å². The molecule has 0 bridgehead atoms. The lowest BCUT2D eigenvalue weighted by Gasteiger charge is -2.31. The first kappa shape index (κ1) is 21.4. The van der Waals surface area contributed by atoms with Gasteiger partial charge in [0.1, 0.15) is 17.7 Å². The van der Waals surface area contributed by atoms with Crippen molar-refractivity contribution >= 4 is 27.9 Å². The minimum absolute atomic E-state index is 0.104. The maximum atomic E-state index is 13.0. The van der Waals surface area contributed by atoms with Gasteiger partial charge in [-0.25, -0.2) is 13.2 Å². The van der Waals surface area contributed by atoms with Gasteiger partial charge in [0, 0.05) is 6.20 Å². The van der Waals surface area contributed by atoms with Gasteiger partial charge in [0.2, 0.25) is 5.91 Å². The van der Waals surface area contributed by atoms with Gasteiger partial charge in [0.05, 0.1) is 19.1 Å². The summed E-state index contributed by atoms with van der Waals surface area (Å²) in [6.45, 7) is 1.85. The predicted octanol–water partition coefficient (Wildman–Crippen LogP) is 2.65. The van der Waals surface area contributed by atoms with E-state index in [-0.39, 0.29) is 4.90 Å². The average molecular weight is 430 g/mol. The minimum Gasteiger partial charge on any atom is -0.497 e. The highest BCUT2D eigenvalue weighted by atomic mass is 32.2. The van der Waals surface area contributed by atoms with Gasteiger partial charge in [-0.3, -0.25) is 9.69 Å². The van der Waals surface area contributed by atoms with Crippen LogP contribution in [0.25, 0.3) is 6.08 Å². The fraction of sp³-hybridized carbons (Fsp3) is 0.238. The minimum atomic E-state index is -3.75. The molecular weight excluding hydrogens is 408 g/mol. The molecule has 0 fully saturated rings. The number of rotatable bonds is 5. The highest BCUT2D eigenvalue weighted by Crippen LogP contribution is 2.33. The molecule has 0 aliphatic carbocycles. The molecule has 2 aromatic rings. The molecule has 1 heterocycles. The Bertz CT molecular complexity index is 1090. The van der Waals surface area contributed by atoms with Crippen LogP contribution in [0.3, 0.4) is 0 Å². The van der Waals surface area contributed by atoms with E-state index in [2.05, 4.69) is 5.32 Å². The molecule has 3 rings (SSSR count). The summed E-state index contributed by atoms with van der Waals surface area (Å²) in [6, 6.07) is 10.3. The summed E-state index contributed by atoms with van der Waals surface area (Å²) in [5.74, 6) is -0.659. The van der Waals surface area contributed by atoms with E-state index >= 15 is 0 Å². The molecule has 1 aliphatic rings. The van der Waals surface area contributed by atoms with E-state index in [9.17, 15) is 18.0 Å². The lowest BCUT2D eigenvalue weighted by molar-refractivity contribution is -0.125. The Morgan fingerprint density at radius 1 is 1.10 bits per heavy atom. The second-order valence-corrected chi connectivity index (χ2v) is 8.69. The largest absolute Gasteiger partial charge is 0.497 e. The summed E-state index contributed by atoms with van der Waals surface area (Å²) in [7, 11) is -1.02. The van der Waals surface area contributed by atoms with Gasteiger partial charge >= 0.3 is 6.09 Å². The first-order valence-electron chi connectivity index (χ1n) is 9.06. The van der Waals surface area contributed by atoms with Crippen LogP contribution in [0.1, 0.15) is 22.7 Å². The third-order valence-corrected chi connectivity index (χ3v) is 6.25. The van der Waals surface area contributed by atoms with Crippen molar-refractivity contribution in [1.29, 1.82) is 0 Å². The Morgan fingerprint density at radius 2 is 1.80 bits per heavy atom. The number of sulfone groups is 1. The lowest BCUT2D eigenvalue weighted by atomic mass is 9.95. The number of nitrogens with zero attached hydrogens (tertiary/aromatic N) is 1. The number of carbonyl (C=O) groups excluding carboxylic acids is 2. The van der Waals surface area contributed by atoms with Crippen molar-refractivity contribution in [3.05, 3.63) is 65.4 Å². The van der Waals surface area contributed by atoms with Gasteiger partial charge < -0.3 is 14.8 Å². The normalized spacial score (nSPS) is 15.3. The number of ether oxygens (including phenoxy) is 2. The number of hydrogen-bond donors (Lipinski definition) is 1. The second kappa shape index (κ2) is 8.58. The molecule has 2 aromatic carbocycles. The van der Waals surface area contributed by atoms with E-state index in [4.69, 9.17) is 9.47 Å². The zero-order chi connectivity index (χ0) is 21.9. The quantitative estimate of drug-likeness (QED) is 0.782. The van der Waals surface area contributed by atoms with Crippen molar-refractivity contribution in [2.75, 3.05) is 20.1 Å². The van der Waals surface area contributed by atoms with Crippen molar-refractivity contribution in [3.63, 3.8) is 0 Å². The summed E-state index contributed by atoms with van der Waals surface area (Å²) >= 11 is 0. The van der Waals surface area contributed by atoms with Crippen molar-refractivity contribution in [3.8, 4) is 5.75 Å². The molecule has 0 spiro atoms. The van der Waals surface area contributed by atoms with Crippen molar-refractivity contribution < 1.29 is 27.5 Å². The molecule has 8 nitrogen and oxygen atoms in total. The lowest BCUT2D eigenvalue weighted by Crippen LogP contribution is -2.43. The van der Waals surface area contributed by atoms with Crippen molar-refractivity contribution in [2.45, 2.75) is 17.9 Å². The van der Waals surface area contributed by atoms with Gasteiger partial charge in [-0.15, -0.1) is 0 Å². The molecule has 30 heavy (non-hydrogen) atoms. The maximum Gasteiger partial charge on any atom is 0.414 e. The highest BCUT2D eigenvalue weighted by molar-refractivity contribution is 7.91. The summed E-state index contributed by atoms with van der Waals surface area (Å²) in [6.07, 6.45) is 2.34. The van der Waals surface area contributed by atoms with Crippen molar-refractivity contribution in [2.24, 2.45) is 0 Å². The number of aryl methyl sites for hydroxylation is 1. The van der Waals surface area contributed by atoms with Gasteiger partial charge in [-0.2, -0.15) is 0 Å². The van der Waals surface area contributed by atoms with Gasteiger partial charge in [-0.05, 0) is 48.4 Å². The molecule has 0 radical (unpaired) electrons. The van der Waals surface area contributed by atoms with Crippen molar-refractivity contribution in [1.82, 2.24) is 10.2 Å². The van der Waals surface area contributed by atoms with E-state index in [0.717, 1.165) is 10.5 Å². The molecule has 9 heteroatoms. The Hall–Kier alpha value is -3.33. The molecule has 1 N–H and O–H groups in total. The molecular formula is C21H22N2O6S. The van der Waals surface area contributed by atoms with Crippen LogP contribution in [-0.4, -0.2) is 45.4 Å². The van der Waals surface area contributed by atoms with Crippen LogP contribution in [0.5, 0.6) is 5.75 Å². The number of nitrogens with one attached hydrogen (secondary N) is 1. The van der Waals surface area contributed by atoms with Crippen LogP contribution in [-0.2, 0) is 19.4 Å². The zero-order valence-electron chi connectivity index (χ0n) is 16.8. The van der Waals surface area contributed by atoms with Crippen LogP contribution in [0.2, 0.25) is 0 Å². The number of hydrogen-bond acceptors (Lipinski definition) is 6. The molecule has 1 aliphatic heterocycles. The molecule has 0 saturated heterocycles. The number of carbonyl (C=O) groups is 2. The van der Waals surface area contributed by atoms with Crippen LogP contribution < -0.4 is 10.1 Å². The molecule has 158 valence electrons.